The molecule has 3 rings (SSSR count). The number of aliphatic imine (C=N–C) groups is 1. The van der Waals surface area contributed by atoms with Crippen molar-refractivity contribution in [3.63, 3.8) is 0 Å². The summed E-state index contributed by atoms with van der Waals surface area (Å²) in [4.78, 5) is 16.6. The predicted molar refractivity (Wildman–Crippen MR) is 102 cm³/mol. The topological polar surface area (TPSA) is 87.6 Å². The maximum absolute atomic E-state index is 12.5. The summed E-state index contributed by atoms with van der Waals surface area (Å²) in [6.45, 7) is 0.655. The highest BCUT2D eigenvalue weighted by Gasteiger charge is 2.17. The molecule has 26 heavy (non-hydrogen) atoms. The second-order valence-electron chi connectivity index (χ2n) is 6.09. The van der Waals surface area contributed by atoms with Crippen LogP contribution in [0, 0.1) is 0 Å². The van der Waals surface area contributed by atoms with Crippen LogP contribution in [0.2, 0.25) is 0 Å². The molecule has 2 aromatic rings. The minimum Gasteiger partial charge on any atom is -0.322 e. The van der Waals surface area contributed by atoms with Crippen LogP contribution < -0.4 is 10.0 Å². The quantitative estimate of drug-likeness (QED) is 0.865. The Labute approximate surface area is 153 Å². The van der Waals surface area contributed by atoms with Gasteiger partial charge in [-0.15, -0.1) is 0 Å². The number of benzene rings is 2. The molecule has 0 spiro atoms. The number of hydrogen-bond donors (Lipinski definition) is 2. The molecule has 7 heteroatoms. The highest BCUT2D eigenvalue weighted by Crippen LogP contribution is 2.16. The molecule has 2 N–H and O–H groups in total. The summed E-state index contributed by atoms with van der Waals surface area (Å²) < 4.78 is 27.5. The zero-order valence-corrected chi connectivity index (χ0v) is 15.1. The molecular weight excluding hydrogens is 350 g/mol. The maximum Gasteiger partial charge on any atom is 0.262 e. The number of carbonyl (C=O) groups is 1. The molecule has 0 bridgehead atoms. The second kappa shape index (κ2) is 8.14. The zero-order valence-electron chi connectivity index (χ0n) is 14.3. The molecule has 0 saturated carbocycles. The normalized spacial score (nSPS) is 14.8. The first-order valence-electron chi connectivity index (χ1n) is 8.57. The van der Waals surface area contributed by atoms with Crippen molar-refractivity contribution >= 4 is 27.5 Å². The number of nitrogens with one attached hydrogen (secondary N) is 2. The molecule has 1 aliphatic heterocycles. The molecule has 0 fully saturated rings. The zero-order chi connectivity index (χ0) is 18.4. The summed E-state index contributed by atoms with van der Waals surface area (Å²) in [6, 6.07) is 14.9. The number of amidine groups is 1. The average molecular weight is 371 g/mol. The van der Waals surface area contributed by atoms with Crippen LogP contribution in [0.4, 0.5) is 5.69 Å². The minimum absolute atomic E-state index is 0.141. The van der Waals surface area contributed by atoms with Crippen molar-refractivity contribution in [1.29, 1.82) is 0 Å². The van der Waals surface area contributed by atoms with Crippen LogP contribution in [0.3, 0.4) is 0 Å². The summed E-state index contributed by atoms with van der Waals surface area (Å²) in [5, 5.41) is 2.75. The summed E-state index contributed by atoms with van der Waals surface area (Å²) in [5.74, 6) is 0.274. The molecule has 0 unspecified atom stereocenters. The van der Waals surface area contributed by atoms with Gasteiger partial charge in [0.2, 0.25) is 0 Å². The Balaban J connectivity index is 1.68. The molecule has 6 nitrogen and oxygen atoms in total. The van der Waals surface area contributed by atoms with Crippen molar-refractivity contribution < 1.29 is 13.2 Å². The fraction of sp³-hybridized carbons (Fsp3) is 0.263. The van der Waals surface area contributed by atoms with Gasteiger partial charge in [-0.2, -0.15) is 0 Å². The van der Waals surface area contributed by atoms with Gasteiger partial charge in [0.05, 0.1) is 4.90 Å². The summed E-state index contributed by atoms with van der Waals surface area (Å²) in [7, 11) is -3.67. The first-order chi connectivity index (χ1) is 12.5. The van der Waals surface area contributed by atoms with Crippen LogP contribution in [0.25, 0.3) is 0 Å². The van der Waals surface area contributed by atoms with Crippen molar-refractivity contribution in [3.05, 3.63) is 60.2 Å². The highest BCUT2D eigenvalue weighted by molar-refractivity contribution is 7.90. The number of anilines is 1. The summed E-state index contributed by atoms with van der Waals surface area (Å²) in [5.41, 5.74) is 1.07. The molecular formula is C19H21N3O3S. The van der Waals surface area contributed by atoms with Crippen LogP contribution in [0.5, 0.6) is 0 Å². The first-order valence-corrected chi connectivity index (χ1v) is 10.1. The number of rotatable bonds is 4. The van der Waals surface area contributed by atoms with E-state index in [0.717, 1.165) is 19.3 Å². The molecule has 0 aromatic heterocycles. The molecule has 1 amide bonds. The lowest BCUT2D eigenvalue weighted by molar-refractivity contribution is 0.102. The fourth-order valence-corrected chi connectivity index (χ4v) is 3.77. The lowest BCUT2D eigenvalue weighted by Crippen LogP contribution is -2.30. The van der Waals surface area contributed by atoms with Crippen LogP contribution >= 0.6 is 0 Å². The molecule has 136 valence electrons. The number of hydrogen-bond acceptors (Lipinski definition) is 4. The van der Waals surface area contributed by atoms with E-state index in [1.54, 1.807) is 36.4 Å². The largest absolute Gasteiger partial charge is 0.322 e. The number of sulfonamides is 1. The van der Waals surface area contributed by atoms with E-state index in [0.29, 0.717) is 30.1 Å². The second-order valence-corrected chi connectivity index (χ2v) is 7.77. The monoisotopic (exact) mass is 371 g/mol. The Kier molecular flexibility index (Phi) is 5.68. The molecule has 0 saturated heterocycles. The van der Waals surface area contributed by atoms with Gasteiger partial charge in [-0.1, -0.05) is 24.6 Å². The first kappa shape index (κ1) is 18.1. The van der Waals surface area contributed by atoms with Crippen molar-refractivity contribution in [1.82, 2.24) is 4.72 Å². The third-order valence-electron chi connectivity index (χ3n) is 4.08. The van der Waals surface area contributed by atoms with E-state index in [-0.39, 0.29) is 10.8 Å². The average Bonchev–Trinajstić information content (AvgIpc) is 2.91. The van der Waals surface area contributed by atoms with Gasteiger partial charge in [-0.3, -0.25) is 14.5 Å². The van der Waals surface area contributed by atoms with Gasteiger partial charge in [0.25, 0.3) is 15.9 Å². The Hall–Kier alpha value is -2.67. The molecule has 1 aliphatic rings. The van der Waals surface area contributed by atoms with E-state index in [1.807, 2.05) is 6.07 Å². The van der Waals surface area contributed by atoms with E-state index in [1.165, 1.54) is 12.1 Å². The van der Waals surface area contributed by atoms with Gasteiger partial charge < -0.3 is 5.32 Å². The lowest BCUT2D eigenvalue weighted by Gasteiger charge is -2.10. The van der Waals surface area contributed by atoms with Crippen molar-refractivity contribution in [2.75, 3.05) is 11.9 Å². The van der Waals surface area contributed by atoms with Gasteiger partial charge in [0, 0.05) is 24.2 Å². The van der Waals surface area contributed by atoms with Gasteiger partial charge in [-0.05, 0) is 49.2 Å². The van der Waals surface area contributed by atoms with E-state index in [2.05, 4.69) is 15.0 Å². The smallest absolute Gasteiger partial charge is 0.262 e. The number of carbonyl (C=O) groups excluding carboxylic acids is 1. The molecule has 2 aromatic carbocycles. The summed E-state index contributed by atoms with van der Waals surface area (Å²) >= 11 is 0. The standard InChI is InChI=1S/C19H21N3O3S/c23-19(15-7-3-1-4-8-15)21-16-10-12-17(13-11-16)26(24,25)22-18-9-5-2-6-14-20-18/h1,3-4,7-8,10-13H,2,5-6,9,14H2,(H,20,22)(H,21,23). The SMILES string of the molecule is O=C(Nc1ccc(S(=O)(=O)NC2=NCCCCC2)cc1)c1ccccc1. The Morgan fingerprint density at radius 3 is 2.38 bits per heavy atom. The van der Waals surface area contributed by atoms with E-state index < -0.39 is 10.0 Å². The molecule has 0 aliphatic carbocycles. The van der Waals surface area contributed by atoms with E-state index in [4.69, 9.17) is 0 Å². The molecule has 0 radical (unpaired) electrons. The Morgan fingerprint density at radius 1 is 0.923 bits per heavy atom. The lowest BCUT2D eigenvalue weighted by atomic mass is 10.2. The van der Waals surface area contributed by atoms with Crippen molar-refractivity contribution in [2.24, 2.45) is 4.99 Å². The van der Waals surface area contributed by atoms with Crippen LogP contribution in [0.15, 0.2) is 64.5 Å². The van der Waals surface area contributed by atoms with Crippen LogP contribution in [-0.2, 0) is 10.0 Å². The van der Waals surface area contributed by atoms with Crippen molar-refractivity contribution in [2.45, 2.75) is 30.6 Å². The maximum atomic E-state index is 12.5. The highest BCUT2D eigenvalue weighted by atomic mass is 32.2. The van der Waals surface area contributed by atoms with Gasteiger partial charge >= 0.3 is 0 Å². The van der Waals surface area contributed by atoms with Gasteiger partial charge in [-0.25, -0.2) is 8.42 Å². The third-order valence-corrected chi connectivity index (χ3v) is 5.48. The predicted octanol–water partition coefficient (Wildman–Crippen LogP) is 3.19. The van der Waals surface area contributed by atoms with Crippen LogP contribution in [-0.4, -0.2) is 26.7 Å². The van der Waals surface area contributed by atoms with Crippen LogP contribution in [0.1, 0.15) is 36.0 Å². The van der Waals surface area contributed by atoms with Gasteiger partial charge in [0.1, 0.15) is 5.84 Å². The number of nitrogens with zero attached hydrogens (tertiary/aromatic N) is 1. The Morgan fingerprint density at radius 2 is 1.65 bits per heavy atom. The third kappa shape index (κ3) is 4.70. The van der Waals surface area contributed by atoms with Crippen molar-refractivity contribution in [3.8, 4) is 0 Å². The van der Waals surface area contributed by atoms with Gasteiger partial charge in [0.15, 0.2) is 0 Å². The minimum atomic E-state index is -3.67. The molecule has 0 atom stereocenters. The van der Waals surface area contributed by atoms with E-state index in [9.17, 15) is 13.2 Å². The summed E-state index contributed by atoms with van der Waals surface area (Å²) in [6.07, 6.45) is 3.63. The fourth-order valence-electron chi connectivity index (χ4n) is 2.68. The Bertz CT molecular complexity index is 891. The number of amides is 1. The molecule has 1 heterocycles. The van der Waals surface area contributed by atoms with E-state index >= 15 is 0 Å².